The van der Waals surface area contributed by atoms with E-state index in [9.17, 15) is 0 Å². The number of furan rings is 2. The number of hydrogen-bond acceptors (Lipinski definition) is 2. The van der Waals surface area contributed by atoms with Crippen LogP contribution >= 0.6 is 0 Å². The second-order valence-corrected chi connectivity index (χ2v) is 18.3. The lowest BCUT2D eigenvalue weighted by molar-refractivity contribution is 0.668. The lowest BCUT2D eigenvalue weighted by atomic mass is 9.96. The van der Waals surface area contributed by atoms with Crippen LogP contribution < -0.4 is 0 Å². The summed E-state index contributed by atoms with van der Waals surface area (Å²) in [6, 6.07) is 87.7. The van der Waals surface area contributed by atoms with Crippen LogP contribution in [0, 0.1) is 0 Å². The molecular weight excluding hydrogens is 853 g/mol. The fourth-order valence-electron chi connectivity index (χ4n) is 11.5. The van der Waals surface area contributed by atoms with Gasteiger partial charge in [0, 0.05) is 65.6 Å². The first kappa shape index (κ1) is 38.7. The van der Waals surface area contributed by atoms with Crippen LogP contribution in [0.15, 0.2) is 251 Å². The Labute approximate surface area is 402 Å². The first-order valence-corrected chi connectivity index (χ1v) is 23.9. The summed E-state index contributed by atoms with van der Waals surface area (Å²) in [6.07, 6.45) is 0. The van der Waals surface area contributed by atoms with E-state index < -0.39 is 0 Å². The molecule has 0 spiro atoms. The van der Waals surface area contributed by atoms with E-state index in [4.69, 9.17) is 8.83 Å². The van der Waals surface area contributed by atoms with Crippen LogP contribution in [-0.4, -0.2) is 9.13 Å². The highest BCUT2D eigenvalue weighted by molar-refractivity contribution is 6.21. The average Bonchev–Trinajstić information content (AvgIpc) is 4.19. The summed E-state index contributed by atoms with van der Waals surface area (Å²) >= 11 is 0. The molecule has 0 aliphatic rings. The molecule has 11 aromatic carbocycles. The van der Waals surface area contributed by atoms with Gasteiger partial charge in [-0.3, -0.25) is 0 Å². The standard InChI is InChI=1S/C66H40N2O2/c1-2-16-41(17-3-1)42-34-36-43(37-35-42)44-38-45(67-57-28-8-4-18-47(57)51-24-12-26-53(65(51)67)49-22-14-32-61-63(49)55-20-6-10-30-59(55)69-61)40-46(39-44)68-58-29-9-5-19-48(58)52-25-13-27-54(66(52)68)50-23-15-33-62-64(50)56-21-7-11-31-60(56)70-62/h1-40H. The van der Waals surface area contributed by atoms with E-state index in [-0.39, 0.29) is 0 Å². The minimum atomic E-state index is 0.878. The van der Waals surface area contributed by atoms with Crippen LogP contribution in [0.1, 0.15) is 0 Å². The lowest BCUT2D eigenvalue weighted by Crippen LogP contribution is -2.01. The van der Waals surface area contributed by atoms with Crippen molar-refractivity contribution in [2.75, 3.05) is 0 Å². The number of hydrogen-bond donors (Lipinski definition) is 0. The molecule has 15 rings (SSSR count). The molecule has 0 bridgehead atoms. The quantitative estimate of drug-likeness (QED) is 0.167. The lowest BCUT2D eigenvalue weighted by Gasteiger charge is -2.18. The molecule has 326 valence electrons. The molecule has 4 heterocycles. The van der Waals surface area contributed by atoms with Gasteiger partial charge in [-0.15, -0.1) is 0 Å². The number of para-hydroxylation sites is 6. The Hall–Kier alpha value is -9.38. The molecular formula is C66H40N2O2. The Morgan fingerprint density at radius 3 is 1.13 bits per heavy atom. The second kappa shape index (κ2) is 15.1. The predicted octanol–water partition coefficient (Wildman–Crippen LogP) is 18.3. The Morgan fingerprint density at radius 1 is 0.243 bits per heavy atom. The Balaban J connectivity index is 1.06. The topological polar surface area (TPSA) is 36.1 Å². The molecule has 70 heavy (non-hydrogen) atoms. The Kier molecular flexibility index (Phi) is 8.33. The number of fused-ring (bicyclic) bond motifs is 12. The van der Waals surface area contributed by atoms with E-state index in [2.05, 4.69) is 240 Å². The van der Waals surface area contributed by atoms with Gasteiger partial charge in [0.05, 0.1) is 22.1 Å². The Morgan fingerprint density at radius 2 is 0.614 bits per heavy atom. The summed E-state index contributed by atoms with van der Waals surface area (Å²) in [5.41, 5.74) is 19.4. The maximum Gasteiger partial charge on any atom is 0.136 e. The smallest absolute Gasteiger partial charge is 0.136 e. The monoisotopic (exact) mass is 892 g/mol. The van der Waals surface area contributed by atoms with Gasteiger partial charge in [0.2, 0.25) is 0 Å². The van der Waals surface area contributed by atoms with Gasteiger partial charge >= 0.3 is 0 Å². The predicted molar refractivity (Wildman–Crippen MR) is 291 cm³/mol. The van der Waals surface area contributed by atoms with Crippen molar-refractivity contribution in [3.05, 3.63) is 243 Å². The largest absolute Gasteiger partial charge is 0.456 e. The molecule has 0 aliphatic carbocycles. The molecule has 4 heteroatoms. The van der Waals surface area contributed by atoms with Crippen molar-refractivity contribution < 1.29 is 8.83 Å². The van der Waals surface area contributed by atoms with Crippen LogP contribution in [0.4, 0.5) is 0 Å². The highest BCUT2D eigenvalue weighted by Gasteiger charge is 2.24. The zero-order valence-electron chi connectivity index (χ0n) is 37.8. The highest BCUT2D eigenvalue weighted by Crippen LogP contribution is 2.46. The van der Waals surface area contributed by atoms with Gasteiger partial charge in [0.25, 0.3) is 0 Å². The van der Waals surface area contributed by atoms with E-state index in [0.29, 0.717) is 0 Å². The van der Waals surface area contributed by atoms with E-state index in [1.807, 2.05) is 12.1 Å². The van der Waals surface area contributed by atoms with Gasteiger partial charge in [-0.25, -0.2) is 0 Å². The molecule has 0 N–H and O–H groups in total. The molecule has 0 fully saturated rings. The fraction of sp³-hybridized carbons (Fsp3) is 0. The van der Waals surface area contributed by atoms with Crippen LogP contribution in [0.25, 0.3) is 143 Å². The molecule has 0 saturated carbocycles. The van der Waals surface area contributed by atoms with Crippen LogP contribution in [-0.2, 0) is 0 Å². The molecule has 4 nitrogen and oxygen atoms in total. The third-order valence-electron chi connectivity index (χ3n) is 14.5. The van der Waals surface area contributed by atoms with Crippen LogP contribution in [0.2, 0.25) is 0 Å². The maximum atomic E-state index is 6.50. The van der Waals surface area contributed by atoms with E-state index in [1.54, 1.807) is 0 Å². The molecule has 0 atom stereocenters. The SMILES string of the molecule is c1ccc(-c2ccc(-c3cc(-n4c5ccccc5c5cccc(-c6cccc7oc8ccccc8c67)c54)cc(-n4c5ccccc5c5cccc(-c6cccc7oc8ccccc8c67)c54)c3)cc2)cc1. The molecule has 0 saturated heterocycles. The van der Waals surface area contributed by atoms with Crippen molar-refractivity contribution in [3.63, 3.8) is 0 Å². The van der Waals surface area contributed by atoms with Crippen LogP contribution in [0.5, 0.6) is 0 Å². The van der Waals surface area contributed by atoms with Gasteiger partial charge in [0.1, 0.15) is 22.3 Å². The molecule has 0 radical (unpaired) electrons. The van der Waals surface area contributed by atoms with E-state index in [1.165, 1.54) is 32.7 Å². The van der Waals surface area contributed by atoms with Crippen molar-refractivity contribution in [3.8, 4) is 55.9 Å². The minimum absolute atomic E-state index is 0.878. The van der Waals surface area contributed by atoms with Gasteiger partial charge in [-0.2, -0.15) is 0 Å². The fourth-order valence-corrected chi connectivity index (χ4v) is 11.5. The van der Waals surface area contributed by atoms with Crippen molar-refractivity contribution in [1.82, 2.24) is 9.13 Å². The maximum absolute atomic E-state index is 6.50. The third kappa shape index (κ3) is 5.71. The summed E-state index contributed by atoms with van der Waals surface area (Å²) in [5, 5.41) is 9.23. The molecule has 0 unspecified atom stereocenters. The van der Waals surface area contributed by atoms with Crippen molar-refractivity contribution in [2.45, 2.75) is 0 Å². The van der Waals surface area contributed by atoms with Gasteiger partial charge < -0.3 is 18.0 Å². The minimum Gasteiger partial charge on any atom is -0.456 e. The second-order valence-electron chi connectivity index (χ2n) is 18.3. The normalized spacial score (nSPS) is 12.0. The number of nitrogens with zero attached hydrogens (tertiary/aromatic N) is 2. The summed E-state index contributed by atoms with van der Waals surface area (Å²) < 4.78 is 18.0. The van der Waals surface area contributed by atoms with Crippen molar-refractivity contribution in [2.24, 2.45) is 0 Å². The van der Waals surface area contributed by atoms with E-state index in [0.717, 1.165) is 111 Å². The van der Waals surface area contributed by atoms with Crippen molar-refractivity contribution >= 4 is 87.5 Å². The summed E-state index contributed by atoms with van der Waals surface area (Å²) in [5.74, 6) is 0. The molecule has 15 aromatic rings. The van der Waals surface area contributed by atoms with Gasteiger partial charge in [0.15, 0.2) is 0 Å². The molecule has 4 aromatic heterocycles. The highest BCUT2D eigenvalue weighted by atomic mass is 16.3. The average molecular weight is 893 g/mol. The first-order valence-electron chi connectivity index (χ1n) is 23.9. The third-order valence-corrected chi connectivity index (χ3v) is 14.5. The van der Waals surface area contributed by atoms with E-state index >= 15 is 0 Å². The number of aromatic nitrogens is 2. The summed E-state index contributed by atoms with van der Waals surface area (Å²) in [7, 11) is 0. The molecule has 0 amide bonds. The number of benzene rings is 11. The van der Waals surface area contributed by atoms with Gasteiger partial charge in [-0.1, -0.05) is 188 Å². The number of rotatable bonds is 6. The Bertz CT molecular complexity index is 4330. The van der Waals surface area contributed by atoms with Crippen molar-refractivity contribution in [1.29, 1.82) is 0 Å². The summed E-state index contributed by atoms with van der Waals surface area (Å²) in [6.45, 7) is 0. The van der Waals surface area contributed by atoms with Gasteiger partial charge in [-0.05, 0) is 88.0 Å². The first-order chi connectivity index (χ1) is 34.7. The van der Waals surface area contributed by atoms with Crippen LogP contribution in [0.3, 0.4) is 0 Å². The zero-order valence-corrected chi connectivity index (χ0v) is 37.8. The summed E-state index contributed by atoms with van der Waals surface area (Å²) in [4.78, 5) is 0. The zero-order chi connectivity index (χ0) is 45.9. The molecule has 0 aliphatic heterocycles.